The summed E-state index contributed by atoms with van der Waals surface area (Å²) >= 11 is 0. The van der Waals surface area contributed by atoms with Crippen LogP contribution >= 0.6 is 0 Å². The molecule has 19 heavy (non-hydrogen) atoms. The van der Waals surface area contributed by atoms with Gasteiger partial charge in [-0.3, -0.25) is 0 Å². The van der Waals surface area contributed by atoms with Crippen molar-refractivity contribution in [2.45, 2.75) is 12.5 Å². The van der Waals surface area contributed by atoms with Crippen molar-refractivity contribution < 1.29 is 4.74 Å². The molecule has 0 fully saturated rings. The third-order valence-corrected chi connectivity index (χ3v) is 2.97. The van der Waals surface area contributed by atoms with Crippen LogP contribution in [0.1, 0.15) is 18.0 Å². The maximum Gasteiger partial charge on any atom is 0.168 e. The predicted molar refractivity (Wildman–Crippen MR) is 77.3 cm³/mol. The fraction of sp³-hybridized carbons (Fsp3) is 0.267. The number of methoxy groups -OCH3 is 1. The van der Waals surface area contributed by atoms with E-state index >= 15 is 0 Å². The molecule has 2 aromatic rings. The van der Waals surface area contributed by atoms with Crippen LogP contribution in [0.2, 0.25) is 0 Å². The Hall–Kier alpha value is -2.07. The van der Waals surface area contributed by atoms with Crippen LogP contribution < -0.4 is 15.8 Å². The van der Waals surface area contributed by atoms with Gasteiger partial charge in [-0.2, -0.15) is 0 Å². The number of nitrogens with one attached hydrogen (secondary N) is 1. The summed E-state index contributed by atoms with van der Waals surface area (Å²) in [6, 6.07) is 13.9. The van der Waals surface area contributed by atoms with E-state index in [0.29, 0.717) is 0 Å². The van der Waals surface area contributed by atoms with Gasteiger partial charge in [-0.25, -0.2) is 4.98 Å². The van der Waals surface area contributed by atoms with Crippen molar-refractivity contribution >= 4 is 5.82 Å². The lowest BCUT2D eigenvalue weighted by molar-refractivity contribution is 0.414. The Morgan fingerprint density at radius 1 is 1.21 bits per heavy atom. The monoisotopic (exact) mass is 257 g/mol. The SMILES string of the molecule is COc1cccnc1NCCC(N)c1ccccc1. The minimum atomic E-state index is 0.0309. The molecule has 1 unspecified atom stereocenters. The van der Waals surface area contributed by atoms with Crippen LogP contribution in [-0.2, 0) is 0 Å². The van der Waals surface area contributed by atoms with E-state index in [-0.39, 0.29) is 6.04 Å². The third kappa shape index (κ3) is 3.69. The lowest BCUT2D eigenvalue weighted by Gasteiger charge is -2.14. The molecule has 1 heterocycles. The molecule has 0 amide bonds. The van der Waals surface area contributed by atoms with Crippen molar-refractivity contribution in [2.75, 3.05) is 19.0 Å². The molecule has 4 heteroatoms. The summed E-state index contributed by atoms with van der Waals surface area (Å²) in [5.41, 5.74) is 7.29. The Balaban J connectivity index is 1.87. The first kappa shape index (κ1) is 13.4. The van der Waals surface area contributed by atoms with Crippen molar-refractivity contribution in [3.63, 3.8) is 0 Å². The van der Waals surface area contributed by atoms with Gasteiger partial charge in [0, 0.05) is 18.8 Å². The molecule has 0 aliphatic rings. The van der Waals surface area contributed by atoms with Crippen molar-refractivity contribution in [1.29, 1.82) is 0 Å². The van der Waals surface area contributed by atoms with Crippen LogP contribution in [0.5, 0.6) is 5.75 Å². The minimum Gasteiger partial charge on any atom is -0.493 e. The summed E-state index contributed by atoms with van der Waals surface area (Å²) in [5.74, 6) is 1.50. The van der Waals surface area contributed by atoms with Crippen LogP contribution in [0.4, 0.5) is 5.82 Å². The highest BCUT2D eigenvalue weighted by Crippen LogP contribution is 2.20. The zero-order chi connectivity index (χ0) is 13.5. The Morgan fingerprint density at radius 3 is 2.74 bits per heavy atom. The normalized spacial score (nSPS) is 11.9. The molecule has 0 saturated heterocycles. The molecule has 0 saturated carbocycles. The van der Waals surface area contributed by atoms with Gasteiger partial charge in [0.25, 0.3) is 0 Å². The number of hydrogen-bond acceptors (Lipinski definition) is 4. The molecular weight excluding hydrogens is 238 g/mol. The van der Waals surface area contributed by atoms with E-state index in [9.17, 15) is 0 Å². The molecule has 4 nitrogen and oxygen atoms in total. The van der Waals surface area contributed by atoms with Gasteiger partial charge in [0.15, 0.2) is 11.6 Å². The van der Waals surface area contributed by atoms with E-state index < -0.39 is 0 Å². The van der Waals surface area contributed by atoms with E-state index in [2.05, 4.69) is 10.3 Å². The number of benzene rings is 1. The summed E-state index contributed by atoms with van der Waals surface area (Å²) in [5, 5.41) is 3.25. The van der Waals surface area contributed by atoms with E-state index in [1.807, 2.05) is 42.5 Å². The number of nitrogens with zero attached hydrogens (tertiary/aromatic N) is 1. The van der Waals surface area contributed by atoms with Gasteiger partial charge in [0.1, 0.15) is 0 Å². The van der Waals surface area contributed by atoms with Crippen LogP contribution in [0.3, 0.4) is 0 Å². The number of nitrogens with two attached hydrogens (primary N) is 1. The second kappa shape index (κ2) is 6.75. The molecule has 0 bridgehead atoms. The van der Waals surface area contributed by atoms with Crippen molar-refractivity contribution in [2.24, 2.45) is 5.73 Å². The smallest absolute Gasteiger partial charge is 0.168 e. The van der Waals surface area contributed by atoms with Crippen LogP contribution in [0, 0.1) is 0 Å². The highest BCUT2D eigenvalue weighted by Gasteiger charge is 2.06. The van der Waals surface area contributed by atoms with Crippen LogP contribution in [0.15, 0.2) is 48.7 Å². The second-order valence-electron chi connectivity index (χ2n) is 4.29. The van der Waals surface area contributed by atoms with Gasteiger partial charge in [-0.05, 0) is 24.1 Å². The Labute approximate surface area is 113 Å². The average Bonchev–Trinajstić information content (AvgIpc) is 2.48. The lowest BCUT2D eigenvalue weighted by Crippen LogP contribution is -2.15. The standard InChI is InChI=1S/C15H19N3O/c1-19-14-8-5-10-17-15(14)18-11-9-13(16)12-6-3-2-4-7-12/h2-8,10,13H,9,11,16H2,1H3,(H,17,18). The maximum absolute atomic E-state index is 6.14. The molecule has 2 rings (SSSR count). The van der Waals surface area contributed by atoms with Gasteiger partial charge < -0.3 is 15.8 Å². The van der Waals surface area contributed by atoms with Crippen LogP contribution in [-0.4, -0.2) is 18.6 Å². The number of anilines is 1. The highest BCUT2D eigenvalue weighted by atomic mass is 16.5. The van der Waals surface area contributed by atoms with Crippen molar-refractivity contribution in [3.8, 4) is 5.75 Å². The summed E-state index contributed by atoms with van der Waals surface area (Å²) in [7, 11) is 1.64. The van der Waals surface area contributed by atoms with Gasteiger partial charge in [0.05, 0.1) is 7.11 Å². The fourth-order valence-corrected chi connectivity index (χ4v) is 1.90. The van der Waals surface area contributed by atoms with Crippen molar-refractivity contribution in [3.05, 3.63) is 54.2 Å². The highest BCUT2D eigenvalue weighted by molar-refractivity contribution is 5.49. The van der Waals surface area contributed by atoms with Gasteiger partial charge in [0.2, 0.25) is 0 Å². The first-order valence-electron chi connectivity index (χ1n) is 6.34. The molecule has 1 aromatic carbocycles. The van der Waals surface area contributed by atoms with Crippen molar-refractivity contribution in [1.82, 2.24) is 4.98 Å². The largest absolute Gasteiger partial charge is 0.493 e. The van der Waals surface area contributed by atoms with Gasteiger partial charge >= 0.3 is 0 Å². The van der Waals surface area contributed by atoms with E-state index in [0.717, 1.165) is 30.1 Å². The molecule has 0 aliphatic carbocycles. The Kier molecular flexibility index (Phi) is 4.75. The first-order valence-corrected chi connectivity index (χ1v) is 6.34. The van der Waals surface area contributed by atoms with E-state index in [1.165, 1.54) is 0 Å². The molecule has 1 atom stereocenters. The summed E-state index contributed by atoms with van der Waals surface area (Å²) in [6.45, 7) is 0.753. The number of rotatable bonds is 6. The number of pyridine rings is 1. The maximum atomic E-state index is 6.14. The number of ether oxygens (including phenoxy) is 1. The molecule has 1 aromatic heterocycles. The van der Waals surface area contributed by atoms with Gasteiger partial charge in [-0.1, -0.05) is 30.3 Å². The quantitative estimate of drug-likeness (QED) is 0.835. The molecule has 100 valence electrons. The number of hydrogen-bond donors (Lipinski definition) is 2. The van der Waals surface area contributed by atoms with Crippen LogP contribution in [0.25, 0.3) is 0 Å². The summed E-state index contributed by atoms with van der Waals surface area (Å²) < 4.78 is 5.23. The third-order valence-electron chi connectivity index (χ3n) is 2.97. The minimum absolute atomic E-state index is 0.0309. The Bertz CT molecular complexity index is 502. The molecule has 0 spiro atoms. The zero-order valence-corrected chi connectivity index (χ0v) is 11.0. The molecule has 0 radical (unpaired) electrons. The van der Waals surface area contributed by atoms with Gasteiger partial charge in [-0.15, -0.1) is 0 Å². The average molecular weight is 257 g/mol. The second-order valence-corrected chi connectivity index (χ2v) is 4.29. The summed E-state index contributed by atoms with van der Waals surface area (Å²) in [6.07, 6.45) is 2.58. The zero-order valence-electron chi connectivity index (χ0n) is 11.0. The molecular formula is C15H19N3O. The lowest BCUT2D eigenvalue weighted by atomic mass is 10.1. The topological polar surface area (TPSA) is 60.2 Å². The van der Waals surface area contributed by atoms with E-state index in [4.69, 9.17) is 10.5 Å². The summed E-state index contributed by atoms with van der Waals surface area (Å²) in [4.78, 5) is 4.24. The number of aromatic nitrogens is 1. The molecule has 0 aliphatic heterocycles. The first-order chi connectivity index (χ1) is 9.31. The predicted octanol–water partition coefficient (Wildman–Crippen LogP) is 2.59. The van der Waals surface area contributed by atoms with E-state index in [1.54, 1.807) is 13.3 Å². The Morgan fingerprint density at radius 2 is 2.00 bits per heavy atom. The fourth-order valence-electron chi connectivity index (χ4n) is 1.90. The molecule has 3 N–H and O–H groups in total.